The van der Waals surface area contributed by atoms with E-state index in [0.29, 0.717) is 5.95 Å². The summed E-state index contributed by atoms with van der Waals surface area (Å²) in [6.45, 7) is 6.04. The third-order valence-electron chi connectivity index (χ3n) is 3.83. The molecule has 21 heavy (non-hydrogen) atoms. The third kappa shape index (κ3) is 2.21. The molecule has 0 aliphatic carbocycles. The lowest BCUT2D eigenvalue weighted by Gasteiger charge is -2.22. The number of fused-ring (bicyclic) bond motifs is 3. The maximum absolute atomic E-state index is 5.91. The fraction of sp³-hybridized carbons (Fsp3) is 0.333. The Labute approximate surface area is 137 Å². The van der Waals surface area contributed by atoms with Crippen LogP contribution in [0.5, 0.6) is 0 Å². The zero-order valence-electron chi connectivity index (χ0n) is 12.4. The second kappa shape index (κ2) is 5.32. The molecule has 2 aromatic heterocycles. The van der Waals surface area contributed by atoms with E-state index in [4.69, 9.17) is 5.73 Å². The molecular formula is C15H18IN5. The largest absolute Gasteiger partial charge is 0.368 e. The fourth-order valence-electron chi connectivity index (χ4n) is 2.82. The van der Waals surface area contributed by atoms with Crippen LogP contribution in [0.15, 0.2) is 18.3 Å². The highest BCUT2D eigenvalue weighted by Gasteiger charge is 2.17. The van der Waals surface area contributed by atoms with Gasteiger partial charge in [-0.2, -0.15) is 4.98 Å². The van der Waals surface area contributed by atoms with Crippen LogP contribution in [-0.2, 0) is 7.05 Å². The molecule has 110 valence electrons. The summed E-state index contributed by atoms with van der Waals surface area (Å²) >= 11 is 2.35. The lowest BCUT2D eigenvalue weighted by molar-refractivity contribution is 0.851. The summed E-state index contributed by atoms with van der Waals surface area (Å²) in [5.74, 6) is 1.26. The Morgan fingerprint density at radius 1 is 1.29 bits per heavy atom. The minimum absolute atomic E-state index is 0.329. The van der Waals surface area contributed by atoms with Crippen molar-refractivity contribution in [2.45, 2.75) is 13.8 Å². The summed E-state index contributed by atoms with van der Waals surface area (Å²) in [5.41, 5.74) is 8.04. The molecule has 3 aromatic rings. The monoisotopic (exact) mass is 395 g/mol. The molecule has 0 fully saturated rings. The number of aryl methyl sites for hydroxylation is 1. The minimum Gasteiger partial charge on any atom is -0.368 e. The zero-order chi connectivity index (χ0) is 15.1. The number of nitrogens with zero attached hydrogens (tertiary/aromatic N) is 4. The van der Waals surface area contributed by atoms with Gasteiger partial charge in [-0.25, -0.2) is 4.98 Å². The summed E-state index contributed by atoms with van der Waals surface area (Å²) in [6, 6.07) is 4.22. The van der Waals surface area contributed by atoms with Gasteiger partial charge in [-0.15, -0.1) is 0 Å². The molecule has 0 atom stereocenters. The molecule has 0 spiro atoms. The summed E-state index contributed by atoms with van der Waals surface area (Å²) in [6.07, 6.45) is 2.08. The summed E-state index contributed by atoms with van der Waals surface area (Å²) in [7, 11) is 2.06. The molecule has 0 unspecified atom stereocenters. The van der Waals surface area contributed by atoms with E-state index in [1.54, 1.807) is 0 Å². The number of anilines is 2. The van der Waals surface area contributed by atoms with Gasteiger partial charge in [0.15, 0.2) is 0 Å². The first kappa shape index (κ1) is 14.4. The van der Waals surface area contributed by atoms with Crippen molar-refractivity contribution in [2.24, 2.45) is 7.05 Å². The van der Waals surface area contributed by atoms with Gasteiger partial charge in [-0.05, 0) is 48.6 Å². The molecule has 0 bridgehead atoms. The van der Waals surface area contributed by atoms with Gasteiger partial charge in [0.05, 0.1) is 16.4 Å². The van der Waals surface area contributed by atoms with Gasteiger partial charge in [0, 0.05) is 35.3 Å². The first-order chi connectivity index (χ1) is 10.1. The van der Waals surface area contributed by atoms with E-state index in [1.165, 1.54) is 14.5 Å². The highest BCUT2D eigenvalue weighted by molar-refractivity contribution is 14.1. The highest BCUT2D eigenvalue weighted by atomic mass is 127. The van der Waals surface area contributed by atoms with Gasteiger partial charge in [0.25, 0.3) is 0 Å². The third-order valence-corrected chi connectivity index (χ3v) is 4.65. The topological polar surface area (TPSA) is 60.0 Å². The lowest BCUT2D eigenvalue weighted by atomic mass is 10.1. The van der Waals surface area contributed by atoms with Crippen LogP contribution >= 0.6 is 22.6 Å². The van der Waals surface area contributed by atoms with E-state index in [-0.39, 0.29) is 0 Å². The summed E-state index contributed by atoms with van der Waals surface area (Å²) in [4.78, 5) is 11.2. The van der Waals surface area contributed by atoms with Crippen molar-refractivity contribution in [1.29, 1.82) is 0 Å². The zero-order valence-corrected chi connectivity index (χ0v) is 14.5. The summed E-state index contributed by atoms with van der Waals surface area (Å²) < 4.78 is 3.31. The normalized spacial score (nSPS) is 11.4. The molecule has 1 aromatic carbocycles. The first-order valence-corrected chi connectivity index (χ1v) is 8.10. The van der Waals surface area contributed by atoms with Gasteiger partial charge >= 0.3 is 0 Å². The van der Waals surface area contributed by atoms with Crippen molar-refractivity contribution in [3.8, 4) is 0 Å². The maximum atomic E-state index is 5.91. The molecular weight excluding hydrogens is 377 g/mol. The summed E-state index contributed by atoms with van der Waals surface area (Å²) in [5, 5.41) is 2.27. The van der Waals surface area contributed by atoms with Crippen molar-refractivity contribution >= 4 is 56.2 Å². The van der Waals surface area contributed by atoms with Gasteiger partial charge in [-0.1, -0.05) is 0 Å². The van der Waals surface area contributed by atoms with Gasteiger partial charge in [-0.3, -0.25) is 0 Å². The van der Waals surface area contributed by atoms with Crippen LogP contribution in [0.4, 0.5) is 11.8 Å². The van der Waals surface area contributed by atoms with E-state index in [9.17, 15) is 0 Å². The van der Waals surface area contributed by atoms with E-state index in [1.807, 2.05) is 0 Å². The van der Waals surface area contributed by atoms with Crippen LogP contribution in [0.3, 0.4) is 0 Å². The molecule has 3 rings (SSSR count). The number of hydrogen-bond donors (Lipinski definition) is 1. The number of aromatic nitrogens is 3. The molecule has 0 saturated heterocycles. The van der Waals surface area contributed by atoms with Gasteiger partial charge < -0.3 is 15.2 Å². The second-order valence-corrected chi connectivity index (χ2v) is 6.18. The van der Waals surface area contributed by atoms with Crippen LogP contribution in [0.25, 0.3) is 21.8 Å². The molecule has 0 saturated carbocycles. The standard InChI is InChI=1S/C15H18IN5/c1-4-21(5-2)14-12-9-6-7-20(3)13(9)10(16)8-11(12)18-15(17)19-14/h6-8H,4-5H2,1-3H3,(H2,17,18,19). The van der Waals surface area contributed by atoms with Crippen molar-refractivity contribution in [3.05, 3.63) is 21.9 Å². The molecule has 5 nitrogen and oxygen atoms in total. The van der Waals surface area contributed by atoms with Gasteiger partial charge in [0.2, 0.25) is 5.95 Å². The molecule has 0 amide bonds. The minimum atomic E-state index is 0.329. The Hall–Kier alpha value is -1.57. The smallest absolute Gasteiger partial charge is 0.222 e. The average molecular weight is 395 g/mol. The Balaban J connectivity index is 2.49. The second-order valence-electron chi connectivity index (χ2n) is 5.02. The van der Waals surface area contributed by atoms with Crippen LogP contribution in [-0.4, -0.2) is 27.6 Å². The lowest BCUT2D eigenvalue weighted by Crippen LogP contribution is -2.24. The number of nitrogen functional groups attached to an aromatic ring is 1. The van der Waals surface area contributed by atoms with Crippen molar-refractivity contribution in [2.75, 3.05) is 23.7 Å². The molecule has 0 aliphatic rings. The number of halogens is 1. The van der Waals surface area contributed by atoms with Crippen LogP contribution in [0, 0.1) is 3.57 Å². The number of benzene rings is 1. The predicted octanol–water partition coefficient (Wildman–Crippen LogP) is 3.15. The number of hydrogen-bond acceptors (Lipinski definition) is 4. The maximum Gasteiger partial charge on any atom is 0.222 e. The Bertz CT molecular complexity index is 820. The number of nitrogens with two attached hydrogens (primary N) is 1. The van der Waals surface area contributed by atoms with Crippen molar-refractivity contribution in [1.82, 2.24) is 14.5 Å². The van der Waals surface area contributed by atoms with E-state index < -0.39 is 0 Å². The highest BCUT2D eigenvalue weighted by Crippen LogP contribution is 2.35. The predicted molar refractivity (Wildman–Crippen MR) is 96.7 cm³/mol. The van der Waals surface area contributed by atoms with E-state index >= 15 is 0 Å². The van der Waals surface area contributed by atoms with E-state index in [0.717, 1.165) is 29.8 Å². The molecule has 6 heteroatoms. The Morgan fingerprint density at radius 3 is 2.67 bits per heavy atom. The average Bonchev–Trinajstić information content (AvgIpc) is 2.82. The quantitative estimate of drug-likeness (QED) is 0.693. The SMILES string of the molecule is CCN(CC)c1nc(N)nc2cc(I)c3c(ccn3C)c12. The van der Waals surface area contributed by atoms with Crippen molar-refractivity contribution < 1.29 is 0 Å². The van der Waals surface area contributed by atoms with Crippen molar-refractivity contribution in [3.63, 3.8) is 0 Å². The molecule has 0 aliphatic heterocycles. The van der Waals surface area contributed by atoms with Gasteiger partial charge in [0.1, 0.15) is 5.82 Å². The number of rotatable bonds is 3. The molecule has 2 N–H and O–H groups in total. The van der Waals surface area contributed by atoms with E-state index in [2.05, 4.69) is 81.3 Å². The van der Waals surface area contributed by atoms with Crippen LogP contribution in [0.2, 0.25) is 0 Å². The van der Waals surface area contributed by atoms with Crippen LogP contribution < -0.4 is 10.6 Å². The Kier molecular flexibility index (Phi) is 3.64. The fourth-order valence-corrected chi connectivity index (χ4v) is 3.78. The van der Waals surface area contributed by atoms with Crippen LogP contribution in [0.1, 0.15) is 13.8 Å². The first-order valence-electron chi connectivity index (χ1n) is 7.02. The molecule has 0 radical (unpaired) electrons. The Morgan fingerprint density at radius 2 is 2.00 bits per heavy atom. The molecule has 2 heterocycles.